The maximum atomic E-state index is 12.5. The van der Waals surface area contributed by atoms with E-state index in [4.69, 9.17) is 0 Å². The lowest BCUT2D eigenvalue weighted by atomic mass is 9.89. The van der Waals surface area contributed by atoms with Crippen LogP contribution in [0.4, 0.5) is 0 Å². The molecule has 0 amide bonds. The Morgan fingerprint density at radius 3 is 2.41 bits per heavy atom. The zero-order valence-corrected chi connectivity index (χ0v) is 12.3. The van der Waals surface area contributed by atoms with Gasteiger partial charge in [-0.2, -0.15) is 0 Å². The molecule has 0 bridgehead atoms. The lowest BCUT2D eigenvalue weighted by molar-refractivity contribution is 0.0765. The zero-order chi connectivity index (χ0) is 15.6. The highest BCUT2D eigenvalue weighted by Gasteiger charge is 2.41. The number of imidazole rings is 1. The van der Waals surface area contributed by atoms with Gasteiger partial charge < -0.3 is 0 Å². The van der Waals surface area contributed by atoms with Crippen molar-refractivity contribution in [2.45, 2.75) is 26.2 Å². The van der Waals surface area contributed by atoms with E-state index in [1.807, 2.05) is 13.8 Å². The molecule has 0 fully saturated rings. The Bertz CT molecular complexity index is 863. The van der Waals surface area contributed by atoms with Crippen LogP contribution in [0.15, 0.2) is 24.3 Å². The van der Waals surface area contributed by atoms with Gasteiger partial charge in [-0.1, -0.05) is 38.1 Å². The molecule has 5 nitrogen and oxygen atoms in total. The second-order valence-electron chi connectivity index (χ2n) is 6.08. The lowest BCUT2D eigenvalue weighted by Gasteiger charge is -2.25. The molecule has 2 unspecified atom stereocenters. The van der Waals surface area contributed by atoms with Crippen molar-refractivity contribution in [2.75, 3.05) is 0 Å². The zero-order valence-electron chi connectivity index (χ0n) is 12.3. The van der Waals surface area contributed by atoms with Crippen LogP contribution in [0.5, 0.6) is 0 Å². The Balaban J connectivity index is 2.09. The lowest BCUT2D eigenvalue weighted by Crippen LogP contribution is -2.33. The van der Waals surface area contributed by atoms with E-state index in [0.29, 0.717) is 29.1 Å². The molecule has 1 aliphatic carbocycles. The van der Waals surface area contributed by atoms with Crippen LogP contribution in [-0.4, -0.2) is 27.0 Å². The Morgan fingerprint density at radius 2 is 1.68 bits per heavy atom. The highest BCUT2D eigenvalue weighted by Crippen LogP contribution is 2.39. The molecule has 0 N–H and O–H groups in total. The van der Waals surface area contributed by atoms with E-state index in [2.05, 4.69) is 4.98 Å². The largest absolute Gasteiger partial charge is 0.285 e. The van der Waals surface area contributed by atoms with Crippen LogP contribution in [0.2, 0.25) is 0 Å². The molecule has 1 aromatic carbocycles. The molecule has 0 saturated carbocycles. The standard InChI is InChI=1S/C17H14N2O3/c1-8-7-9(2)17(22)19-13-12(18-16(8)19)10-5-3-4-6-11(10)14(20)15(13)21/h3-6,8-9H,7H2,1-2H3. The number of fused-ring (bicyclic) bond motifs is 5. The SMILES string of the molecule is CC1CC(C)c2nc3c(n2C1=O)C(=O)C(=O)c1ccccc1-3. The van der Waals surface area contributed by atoms with E-state index in [9.17, 15) is 14.4 Å². The summed E-state index contributed by atoms with van der Waals surface area (Å²) in [5.74, 6) is -0.867. The average molecular weight is 294 g/mol. The van der Waals surface area contributed by atoms with Crippen LogP contribution >= 0.6 is 0 Å². The minimum absolute atomic E-state index is 0.0772. The van der Waals surface area contributed by atoms with Gasteiger partial charge in [-0.25, -0.2) is 4.98 Å². The Kier molecular flexibility index (Phi) is 2.52. The number of carbonyl (C=O) groups is 3. The average Bonchev–Trinajstić information content (AvgIpc) is 2.92. The summed E-state index contributed by atoms with van der Waals surface area (Å²) < 4.78 is 1.38. The minimum atomic E-state index is -0.637. The molecule has 22 heavy (non-hydrogen) atoms. The number of ketones is 2. The Hall–Kier alpha value is -2.56. The van der Waals surface area contributed by atoms with Crippen LogP contribution in [0.1, 0.15) is 57.7 Å². The van der Waals surface area contributed by atoms with Gasteiger partial charge in [-0.05, 0) is 6.42 Å². The Morgan fingerprint density at radius 1 is 1.00 bits per heavy atom. The van der Waals surface area contributed by atoms with Gasteiger partial charge in [0.25, 0.3) is 5.78 Å². The van der Waals surface area contributed by atoms with Gasteiger partial charge in [0.15, 0.2) is 0 Å². The number of nitrogens with zero attached hydrogens (tertiary/aromatic N) is 2. The summed E-state index contributed by atoms with van der Waals surface area (Å²) in [6.45, 7) is 3.84. The highest BCUT2D eigenvalue weighted by atomic mass is 16.2. The maximum Gasteiger partial charge on any atom is 0.252 e. The first-order valence-electron chi connectivity index (χ1n) is 7.36. The van der Waals surface area contributed by atoms with Crippen molar-refractivity contribution in [1.82, 2.24) is 9.55 Å². The van der Waals surface area contributed by atoms with Gasteiger partial charge in [-0.3, -0.25) is 19.0 Å². The monoisotopic (exact) mass is 294 g/mol. The van der Waals surface area contributed by atoms with Crippen LogP contribution < -0.4 is 0 Å². The number of benzene rings is 1. The van der Waals surface area contributed by atoms with Crippen molar-refractivity contribution < 1.29 is 14.4 Å². The molecule has 0 saturated heterocycles. The maximum absolute atomic E-state index is 12.5. The predicted molar refractivity (Wildman–Crippen MR) is 79.1 cm³/mol. The van der Waals surface area contributed by atoms with Crippen LogP contribution in [-0.2, 0) is 0 Å². The number of rotatable bonds is 0. The summed E-state index contributed by atoms with van der Waals surface area (Å²) in [7, 11) is 0. The van der Waals surface area contributed by atoms with Crippen LogP contribution in [0.25, 0.3) is 11.3 Å². The molecule has 1 aliphatic heterocycles. The summed E-state index contributed by atoms with van der Waals surface area (Å²) in [5.41, 5.74) is 1.60. The van der Waals surface area contributed by atoms with Crippen LogP contribution in [0.3, 0.4) is 0 Å². The smallest absolute Gasteiger partial charge is 0.252 e. The molecule has 0 spiro atoms. The molecule has 2 aromatic rings. The van der Waals surface area contributed by atoms with Gasteiger partial charge in [0.1, 0.15) is 17.2 Å². The summed E-state index contributed by atoms with van der Waals surface area (Å²) in [4.78, 5) is 41.9. The van der Waals surface area contributed by atoms with Crippen molar-refractivity contribution >= 4 is 17.5 Å². The van der Waals surface area contributed by atoms with Crippen molar-refractivity contribution in [3.8, 4) is 11.3 Å². The third kappa shape index (κ3) is 1.48. The predicted octanol–water partition coefficient (Wildman–Crippen LogP) is 2.71. The van der Waals surface area contributed by atoms with E-state index < -0.39 is 11.6 Å². The first-order valence-corrected chi connectivity index (χ1v) is 7.36. The summed E-state index contributed by atoms with van der Waals surface area (Å²) in [6, 6.07) is 6.93. The Labute approximate surface area is 127 Å². The second-order valence-corrected chi connectivity index (χ2v) is 6.08. The third-order valence-corrected chi connectivity index (χ3v) is 4.54. The van der Waals surface area contributed by atoms with Gasteiger partial charge in [0, 0.05) is 23.0 Å². The van der Waals surface area contributed by atoms with E-state index in [1.54, 1.807) is 24.3 Å². The van der Waals surface area contributed by atoms with Gasteiger partial charge in [0.05, 0.1) is 0 Å². The van der Waals surface area contributed by atoms with Crippen molar-refractivity contribution in [2.24, 2.45) is 5.92 Å². The number of carbonyl (C=O) groups excluding carboxylic acids is 3. The molecule has 110 valence electrons. The summed E-state index contributed by atoms with van der Waals surface area (Å²) in [6.07, 6.45) is 0.707. The van der Waals surface area contributed by atoms with Crippen LogP contribution in [0, 0.1) is 5.92 Å². The fourth-order valence-corrected chi connectivity index (χ4v) is 3.46. The third-order valence-electron chi connectivity index (χ3n) is 4.54. The fourth-order valence-electron chi connectivity index (χ4n) is 3.46. The molecule has 2 atom stereocenters. The molecule has 1 aromatic heterocycles. The molecule has 2 heterocycles. The normalized spacial score (nSPS) is 23.1. The van der Waals surface area contributed by atoms with E-state index in [-0.39, 0.29) is 23.4 Å². The van der Waals surface area contributed by atoms with Gasteiger partial charge >= 0.3 is 0 Å². The first-order chi connectivity index (χ1) is 10.5. The van der Waals surface area contributed by atoms with Gasteiger partial charge in [0.2, 0.25) is 11.7 Å². The molecule has 2 aliphatic rings. The highest BCUT2D eigenvalue weighted by molar-refractivity contribution is 6.52. The van der Waals surface area contributed by atoms with E-state index in [1.165, 1.54) is 4.57 Å². The second kappa shape index (κ2) is 4.22. The molecule has 4 rings (SSSR count). The van der Waals surface area contributed by atoms with E-state index >= 15 is 0 Å². The number of hydrogen-bond donors (Lipinski definition) is 0. The number of hydrogen-bond acceptors (Lipinski definition) is 4. The fraction of sp³-hybridized carbons (Fsp3) is 0.294. The first kappa shape index (κ1) is 13.1. The van der Waals surface area contributed by atoms with Crippen molar-refractivity contribution in [3.05, 3.63) is 41.3 Å². The van der Waals surface area contributed by atoms with Crippen molar-refractivity contribution in [1.29, 1.82) is 0 Å². The topological polar surface area (TPSA) is 69.0 Å². The molecular weight excluding hydrogens is 280 g/mol. The van der Waals surface area contributed by atoms with Crippen molar-refractivity contribution in [3.63, 3.8) is 0 Å². The molecule has 5 heteroatoms. The number of Topliss-reactive ketones (excluding diaryl/α,β-unsaturated/α-hetero) is 2. The number of aromatic nitrogens is 2. The quantitative estimate of drug-likeness (QED) is 0.700. The molecule has 0 radical (unpaired) electrons. The molecular formula is C17H14N2O3. The van der Waals surface area contributed by atoms with E-state index in [0.717, 1.165) is 0 Å². The summed E-state index contributed by atoms with van der Waals surface area (Å²) in [5, 5.41) is 0. The minimum Gasteiger partial charge on any atom is -0.285 e. The summed E-state index contributed by atoms with van der Waals surface area (Å²) >= 11 is 0. The van der Waals surface area contributed by atoms with Gasteiger partial charge in [-0.15, -0.1) is 0 Å².